The highest BCUT2D eigenvalue weighted by Gasteiger charge is 2.18. The van der Waals surface area contributed by atoms with E-state index in [0.29, 0.717) is 13.0 Å². The topological polar surface area (TPSA) is 47.6 Å². The van der Waals surface area contributed by atoms with Gasteiger partial charge < -0.3 is 14.8 Å². The molecule has 1 unspecified atom stereocenters. The summed E-state index contributed by atoms with van der Waals surface area (Å²) in [5, 5.41) is 3.16. The van der Waals surface area contributed by atoms with Crippen molar-refractivity contribution < 1.29 is 14.3 Å². The molecule has 0 amide bonds. The summed E-state index contributed by atoms with van der Waals surface area (Å²) in [4.78, 5) is 11.2. The Hall–Kier alpha value is -0.610. The summed E-state index contributed by atoms with van der Waals surface area (Å²) in [5.74, 6) is -0.177. The Labute approximate surface area is 78.6 Å². The van der Waals surface area contributed by atoms with Gasteiger partial charge in [-0.15, -0.1) is 0 Å². The molecule has 1 heterocycles. The molecule has 0 aromatic rings. The van der Waals surface area contributed by atoms with E-state index in [1.807, 2.05) is 13.8 Å². The molecule has 0 radical (unpaired) electrons. The van der Waals surface area contributed by atoms with Crippen molar-refractivity contribution in [3.8, 4) is 0 Å². The van der Waals surface area contributed by atoms with Crippen molar-refractivity contribution in [2.24, 2.45) is 0 Å². The van der Waals surface area contributed by atoms with Crippen LogP contribution in [0.1, 0.15) is 20.3 Å². The molecule has 0 saturated carbocycles. The molecule has 1 saturated heterocycles. The average molecular weight is 187 g/mol. The van der Waals surface area contributed by atoms with Crippen molar-refractivity contribution in [2.75, 3.05) is 19.7 Å². The van der Waals surface area contributed by atoms with E-state index in [4.69, 9.17) is 9.47 Å². The maximum Gasteiger partial charge on any atom is 0.308 e. The molecule has 1 rings (SSSR count). The fourth-order valence-corrected chi connectivity index (χ4v) is 1.25. The Morgan fingerprint density at radius 2 is 2.46 bits per heavy atom. The van der Waals surface area contributed by atoms with Gasteiger partial charge in [-0.25, -0.2) is 0 Å². The highest BCUT2D eigenvalue weighted by Crippen LogP contribution is 2.04. The van der Waals surface area contributed by atoms with Gasteiger partial charge in [-0.2, -0.15) is 0 Å². The monoisotopic (exact) mass is 187 g/mol. The molecule has 76 valence electrons. The minimum absolute atomic E-state index is 0.0139. The van der Waals surface area contributed by atoms with Gasteiger partial charge in [-0.3, -0.25) is 4.79 Å². The van der Waals surface area contributed by atoms with E-state index >= 15 is 0 Å². The maximum atomic E-state index is 11.2. The Morgan fingerprint density at radius 1 is 1.69 bits per heavy atom. The molecule has 13 heavy (non-hydrogen) atoms. The van der Waals surface area contributed by atoms with Crippen LogP contribution in [0, 0.1) is 0 Å². The predicted octanol–water partition coefficient (Wildman–Crippen LogP) is 0.317. The van der Waals surface area contributed by atoms with Crippen LogP contribution >= 0.6 is 0 Å². The van der Waals surface area contributed by atoms with E-state index in [1.165, 1.54) is 0 Å². The zero-order chi connectivity index (χ0) is 9.68. The first-order valence-corrected chi connectivity index (χ1v) is 4.70. The van der Waals surface area contributed by atoms with E-state index in [0.717, 1.165) is 13.1 Å². The fraction of sp³-hybridized carbons (Fsp3) is 0.889. The lowest BCUT2D eigenvalue weighted by Gasteiger charge is -2.23. The molecule has 0 aromatic heterocycles. The zero-order valence-corrected chi connectivity index (χ0v) is 8.21. The standard InChI is InChI=1S/C9H17NO3/c1-7(2)13-9(11)5-8-6-10-3-4-12-8/h7-8,10H,3-6H2,1-2H3. The molecule has 1 aliphatic rings. The van der Waals surface area contributed by atoms with E-state index in [-0.39, 0.29) is 18.2 Å². The highest BCUT2D eigenvalue weighted by molar-refractivity contribution is 5.70. The highest BCUT2D eigenvalue weighted by atomic mass is 16.5. The molecule has 1 aliphatic heterocycles. The lowest BCUT2D eigenvalue weighted by Crippen LogP contribution is -2.40. The Morgan fingerprint density at radius 3 is 3.00 bits per heavy atom. The minimum Gasteiger partial charge on any atom is -0.463 e. The lowest BCUT2D eigenvalue weighted by molar-refractivity contribution is -0.151. The van der Waals surface area contributed by atoms with Crippen molar-refractivity contribution in [3.63, 3.8) is 0 Å². The number of esters is 1. The van der Waals surface area contributed by atoms with Crippen LogP contribution in [0.5, 0.6) is 0 Å². The maximum absolute atomic E-state index is 11.2. The van der Waals surface area contributed by atoms with Crippen LogP contribution in [-0.4, -0.2) is 37.9 Å². The third-order valence-electron chi connectivity index (χ3n) is 1.77. The molecular formula is C9H17NO3. The number of morpholine rings is 1. The average Bonchev–Trinajstić information content (AvgIpc) is 2.04. The van der Waals surface area contributed by atoms with Gasteiger partial charge in [0.25, 0.3) is 0 Å². The van der Waals surface area contributed by atoms with Gasteiger partial charge in [-0.05, 0) is 13.8 Å². The molecule has 4 heteroatoms. The summed E-state index contributed by atoms with van der Waals surface area (Å²) < 4.78 is 10.4. The van der Waals surface area contributed by atoms with Gasteiger partial charge in [0.05, 0.1) is 25.2 Å². The van der Waals surface area contributed by atoms with Gasteiger partial charge >= 0.3 is 5.97 Å². The number of carbonyl (C=O) groups is 1. The second kappa shape index (κ2) is 5.19. The van der Waals surface area contributed by atoms with Crippen molar-refractivity contribution in [1.29, 1.82) is 0 Å². The van der Waals surface area contributed by atoms with Crippen LogP contribution in [0.2, 0.25) is 0 Å². The van der Waals surface area contributed by atoms with E-state index < -0.39 is 0 Å². The number of hydrogen-bond donors (Lipinski definition) is 1. The smallest absolute Gasteiger partial charge is 0.308 e. The Balaban J connectivity index is 2.18. The SMILES string of the molecule is CC(C)OC(=O)CC1CNCCO1. The zero-order valence-electron chi connectivity index (χ0n) is 8.21. The largest absolute Gasteiger partial charge is 0.463 e. The summed E-state index contributed by atoms with van der Waals surface area (Å²) in [7, 11) is 0. The van der Waals surface area contributed by atoms with Gasteiger partial charge in [0.1, 0.15) is 0 Å². The summed E-state index contributed by atoms with van der Waals surface area (Å²) in [5.41, 5.74) is 0. The van der Waals surface area contributed by atoms with Crippen LogP contribution in [0.3, 0.4) is 0 Å². The first kappa shape index (κ1) is 10.5. The molecule has 0 aromatic carbocycles. The van der Waals surface area contributed by atoms with Gasteiger partial charge in [0.2, 0.25) is 0 Å². The van der Waals surface area contributed by atoms with E-state index in [1.54, 1.807) is 0 Å². The number of hydrogen-bond acceptors (Lipinski definition) is 4. The first-order valence-electron chi connectivity index (χ1n) is 4.70. The van der Waals surface area contributed by atoms with Gasteiger partial charge in [0.15, 0.2) is 0 Å². The summed E-state index contributed by atoms with van der Waals surface area (Å²) >= 11 is 0. The molecular weight excluding hydrogens is 170 g/mol. The van der Waals surface area contributed by atoms with Crippen molar-refractivity contribution in [2.45, 2.75) is 32.5 Å². The van der Waals surface area contributed by atoms with Gasteiger partial charge in [-0.1, -0.05) is 0 Å². The van der Waals surface area contributed by atoms with Crippen molar-refractivity contribution in [3.05, 3.63) is 0 Å². The molecule has 0 bridgehead atoms. The quantitative estimate of drug-likeness (QED) is 0.646. The van der Waals surface area contributed by atoms with Crippen LogP contribution < -0.4 is 5.32 Å². The van der Waals surface area contributed by atoms with E-state index in [2.05, 4.69) is 5.32 Å². The summed E-state index contributed by atoms with van der Waals surface area (Å²) in [6, 6.07) is 0. The Bertz CT molecular complexity index is 164. The number of ether oxygens (including phenoxy) is 2. The fourth-order valence-electron chi connectivity index (χ4n) is 1.25. The molecule has 0 aliphatic carbocycles. The second-order valence-electron chi connectivity index (χ2n) is 3.44. The molecule has 1 N–H and O–H groups in total. The van der Waals surface area contributed by atoms with Crippen molar-refractivity contribution in [1.82, 2.24) is 5.32 Å². The Kier molecular flexibility index (Phi) is 4.18. The molecule has 1 atom stereocenters. The number of nitrogens with one attached hydrogen (secondary N) is 1. The van der Waals surface area contributed by atoms with Crippen LogP contribution in [-0.2, 0) is 14.3 Å². The number of carbonyl (C=O) groups excluding carboxylic acids is 1. The molecule has 1 fully saturated rings. The first-order chi connectivity index (χ1) is 6.18. The summed E-state index contributed by atoms with van der Waals surface area (Å²) in [6.45, 7) is 5.98. The van der Waals surface area contributed by atoms with E-state index in [9.17, 15) is 4.79 Å². The third-order valence-corrected chi connectivity index (χ3v) is 1.77. The lowest BCUT2D eigenvalue weighted by atomic mass is 10.2. The minimum atomic E-state index is -0.177. The van der Waals surface area contributed by atoms with Crippen LogP contribution in [0.15, 0.2) is 0 Å². The predicted molar refractivity (Wildman–Crippen MR) is 48.5 cm³/mol. The summed E-state index contributed by atoms with van der Waals surface area (Å²) in [6.07, 6.45) is 0.301. The van der Waals surface area contributed by atoms with Crippen LogP contribution in [0.25, 0.3) is 0 Å². The molecule has 0 spiro atoms. The van der Waals surface area contributed by atoms with Gasteiger partial charge in [0, 0.05) is 13.1 Å². The number of rotatable bonds is 3. The van der Waals surface area contributed by atoms with Crippen molar-refractivity contribution >= 4 is 5.97 Å². The third kappa shape index (κ3) is 4.24. The normalized spacial score (nSPS) is 23.2. The van der Waals surface area contributed by atoms with Crippen LogP contribution in [0.4, 0.5) is 0 Å². The second-order valence-corrected chi connectivity index (χ2v) is 3.44. The molecule has 4 nitrogen and oxygen atoms in total.